The minimum absolute atomic E-state index is 0.0660. The molecule has 2 rings (SSSR count). The summed E-state index contributed by atoms with van der Waals surface area (Å²) in [6, 6.07) is 0. The number of rotatable bonds is 2. The van der Waals surface area contributed by atoms with E-state index in [4.69, 9.17) is 0 Å². The maximum Gasteiger partial charge on any atom is 0.0857 e. The lowest BCUT2D eigenvalue weighted by atomic mass is 9.77. The predicted octanol–water partition coefficient (Wildman–Crippen LogP) is 1.36. The van der Waals surface area contributed by atoms with Crippen molar-refractivity contribution in [3.8, 4) is 0 Å². The first-order valence-electron chi connectivity index (χ1n) is 4.08. The number of hydrogen-bond donors (Lipinski definition) is 1. The number of aliphatic hydroxyl groups excluding tert-OH is 1. The van der Waals surface area contributed by atoms with Crippen LogP contribution in [0.2, 0.25) is 0 Å². The van der Waals surface area contributed by atoms with Gasteiger partial charge in [0.2, 0.25) is 0 Å². The average molecular weight is 278 g/mol. The van der Waals surface area contributed by atoms with Crippen molar-refractivity contribution in [2.75, 3.05) is 6.61 Å². The number of halogens is 1. The first-order chi connectivity index (χ1) is 5.77. The summed E-state index contributed by atoms with van der Waals surface area (Å²) in [5.74, 6) is 0. The molecule has 0 radical (unpaired) electrons. The molecule has 0 bridgehead atoms. The lowest BCUT2D eigenvalue weighted by molar-refractivity contribution is 0.0437. The third-order valence-corrected chi connectivity index (χ3v) is 3.17. The summed E-state index contributed by atoms with van der Waals surface area (Å²) in [4.78, 5) is 0. The van der Waals surface area contributed by atoms with Gasteiger partial charge in [-0.2, -0.15) is 5.10 Å². The molecule has 1 heterocycles. The second kappa shape index (κ2) is 2.99. The predicted molar refractivity (Wildman–Crippen MR) is 53.9 cm³/mol. The van der Waals surface area contributed by atoms with Crippen molar-refractivity contribution < 1.29 is 5.11 Å². The van der Waals surface area contributed by atoms with Crippen LogP contribution in [0, 0.1) is 3.57 Å². The van der Waals surface area contributed by atoms with Crippen LogP contribution in [-0.4, -0.2) is 21.5 Å². The van der Waals surface area contributed by atoms with E-state index >= 15 is 0 Å². The van der Waals surface area contributed by atoms with Gasteiger partial charge < -0.3 is 5.11 Å². The van der Waals surface area contributed by atoms with E-state index in [1.807, 2.05) is 17.1 Å². The number of aromatic nitrogens is 2. The van der Waals surface area contributed by atoms with Gasteiger partial charge in [0.1, 0.15) is 0 Å². The summed E-state index contributed by atoms with van der Waals surface area (Å²) in [7, 11) is 0. The molecule has 12 heavy (non-hydrogen) atoms. The quantitative estimate of drug-likeness (QED) is 0.829. The lowest BCUT2D eigenvalue weighted by Gasteiger charge is -2.40. The molecule has 0 atom stereocenters. The van der Waals surface area contributed by atoms with Crippen molar-refractivity contribution >= 4 is 22.6 Å². The Kier molecular flexibility index (Phi) is 2.12. The molecule has 0 saturated heterocycles. The molecule has 1 aromatic rings. The van der Waals surface area contributed by atoms with E-state index in [1.165, 1.54) is 6.42 Å². The molecular weight excluding hydrogens is 267 g/mol. The maximum absolute atomic E-state index is 9.24. The van der Waals surface area contributed by atoms with Gasteiger partial charge >= 0.3 is 0 Å². The van der Waals surface area contributed by atoms with Gasteiger partial charge in [-0.15, -0.1) is 0 Å². The topological polar surface area (TPSA) is 38.0 Å². The molecule has 66 valence electrons. The van der Waals surface area contributed by atoms with E-state index in [-0.39, 0.29) is 12.1 Å². The summed E-state index contributed by atoms with van der Waals surface area (Å²) in [5.41, 5.74) is -0.0660. The Morgan fingerprint density at radius 1 is 1.67 bits per heavy atom. The molecule has 1 aromatic heterocycles. The van der Waals surface area contributed by atoms with Gasteiger partial charge in [-0.25, -0.2) is 0 Å². The van der Waals surface area contributed by atoms with Crippen molar-refractivity contribution in [1.29, 1.82) is 0 Å². The Labute approximate surface area is 84.9 Å². The molecular formula is C8H11IN2O. The van der Waals surface area contributed by atoms with E-state index in [9.17, 15) is 5.11 Å². The van der Waals surface area contributed by atoms with E-state index in [2.05, 4.69) is 27.7 Å². The lowest BCUT2D eigenvalue weighted by Crippen LogP contribution is -2.44. The first kappa shape index (κ1) is 8.50. The first-order valence-corrected chi connectivity index (χ1v) is 5.16. The van der Waals surface area contributed by atoms with Crippen LogP contribution >= 0.6 is 22.6 Å². The maximum atomic E-state index is 9.24. The SMILES string of the molecule is OCC1(n2cc(I)cn2)CCC1. The molecule has 3 nitrogen and oxygen atoms in total. The van der Waals surface area contributed by atoms with Gasteiger partial charge in [-0.05, 0) is 41.9 Å². The highest BCUT2D eigenvalue weighted by atomic mass is 127. The third kappa shape index (κ3) is 1.17. The van der Waals surface area contributed by atoms with E-state index in [1.54, 1.807) is 0 Å². The van der Waals surface area contributed by atoms with E-state index < -0.39 is 0 Å². The van der Waals surface area contributed by atoms with Gasteiger partial charge in [0.25, 0.3) is 0 Å². The van der Waals surface area contributed by atoms with Gasteiger partial charge in [-0.3, -0.25) is 4.68 Å². The van der Waals surface area contributed by atoms with Crippen LogP contribution in [0.3, 0.4) is 0 Å². The monoisotopic (exact) mass is 278 g/mol. The van der Waals surface area contributed by atoms with E-state index in [0.29, 0.717) is 0 Å². The van der Waals surface area contributed by atoms with Crippen molar-refractivity contribution in [2.45, 2.75) is 24.8 Å². The van der Waals surface area contributed by atoms with E-state index in [0.717, 1.165) is 16.4 Å². The zero-order valence-electron chi connectivity index (χ0n) is 6.70. The minimum Gasteiger partial charge on any atom is -0.394 e. The second-order valence-corrected chi connectivity index (χ2v) is 4.58. The van der Waals surface area contributed by atoms with Crippen molar-refractivity contribution in [2.24, 2.45) is 0 Å². The molecule has 0 amide bonds. The van der Waals surface area contributed by atoms with Crippen LogP contribution in [0.4, 0.5) is 0 Å². The highest BCUT2D eigenvalue weighted by molar-refractivity contribution is 14.1. The Morgan fingerprint density at radius 3 is 2.75 bits per heavy atom. The van der Waals surface area contributed by atoms with Gasteiger partial charge in [0.15, 0.2) is 0 Å². The molecule has 1 N–H and O–H groups in total. The fourth-order valence-corrected chi connectivity index (χ4v) is 1.99. The Hall–Kier alpha value is -0.100. The number of nitrogens with zero attached hydrogens (tertiary/aromatic N) is 2. The molecule has 1 aliphatic carbocycles. The highest BCUT2D eigenvalue weighted by Crippen LogP contribution is 2.38. The Morgan fingerprint density at radius 2 is 2.42 bits per heavy atom. The van der Waals surface area contributed by atoms with Gasteiger partial charge in [0.05, 0.1) is 21.9 Å². The smallest absolute Gasteiger partial charge is 0.0857 e. The second-order valence-electron chi connectivity index (χ2n) is 3.34. The number of hydrogen-bond acceptors (Lipinski definition) is 2. The third-order valence-electron chi connectivity index (χ3n) is 2.62. The fraction of sp³-hybridized carbons (Fsp3) is 0.625. The Balaban J connectivity index is 2.27. The summed E-state index contributed by atoms with van der Waals surface area (Å²) >= 11 is 2.23. The zero-order valence-corrected chi connectivity index (χ0v) is 8.86. The van der Waals surface area contributed by atoms with Crippen molar-refractivity contribution in [3.05, 3.63) is 16.0 Å². The molecule has 0 aliphatic heterocycles. The van der Waals surface area contributed by atoms with Crippen LogP contribution in [0.1, 0.15) is 19.3 Å². The summed E-state index contributed by atoms with van der Waals surface area (Å²) in [5, 5.41) is 13.5. The molecule has 1 saturated carbocycles. The summed E-state index contributed by atoms with van der Waals surface area (Å²) in [6.45, 7) is 0.213. The summed E-state index contributed by atoms with van der Waals surface area (Å²) in [6.07, 6.45) is 7.14. The van der Waals surface area contributed by atoms with Crippen LogP contribution in [-0.2, 0) is 5.54 Å². The van der Waals surface area contributed by atoms with Gasteiger partial charge in [-0.1, -0.05) is 0 Å². The average Bonchev–Trinajstić information content (AvgIpc) is 2.35. The van der Waals surface area contributed by atoms with Crippen LogP contribution in [0.25, 0.3) is 0 Å². The molecule has 0 spiro atoms. The van der Waals surface area contributed by atoms with Crippen LogP contribution < -0.4 is 0 Å². The molecule has 1 fully saturated rings. The fourth-order valence-electron chi connectivity index (χ4n) is 1.60. The molecule has 0 aromatic carbocycles. The van der Waals surface area contributed by atoms with Crippen molar-refractivity contribution in [1.82, 2.24) is 9.78 Å². The molecule has 0 unspecified atom stereocenters. The molecule has 4 heteroatoms. The van der Waals surface area contributed by atoms with Crippen LogP contribution in [0.15, 0.2) is 12.4 Å². The highest BCUT2D eigenvalue weighted by Gasteiger charge is 2.38. The Bertz CT molecular complexity index is 275. The van der Waals surface area contributed by atoms with Crippen molar-refractivity contribution in [3.63, 3.8) is 0 Å². The largest absolute Gasteiger partial charge is 0.394 e. The van der Waals surface area contributed by atoms with Gasteiger partial charge in [0, 0.05) is 6.20 Å². The molecule has 1 aliphatic rings. The standard InChI is InChI=1S/C8H11IN2O/c9-7-4-10-11(5-7)8(6-12)2-1-3-8/h4-5,12H,1-3,6H2. The van der Waals surface area contributed by atoms with Crippen LogP contribution in [0.5, 0.6) is 0 Å². The minimum atomic E-state index is -0.0660. The summed E-state index contributed by atoms with van der Waals surface area (Å²) < 4.78 is 3.05. The zero-order chi connectivity index (χ0) is 8.60. The normalized spacial score (nSPS) is 20.5. The number of aliphatic hydroxyl groups is 1.